The number of hydrogen-bond acceptors (Lipinski definition) is 1. The molecule has 1 aliphatic carbocycles. The fourth-order valence-electron chi connectivity index (χ4n) is 3.21. The molecule has 1 spiro atoms. The van der Waals surface area contributed by atoms with Gasteiger partial charge in [0.25, 0.3) is 0 Å². The van der Waals surface area contributed by atoms with Crippen LogP contribution in [0, 0.1) is 0 Å². The van der Waals surface area contributed by atoms with Crippen LogP contribution in [0.3, 0.4) is 0 Å². The minimum Gasteiger partial charge on any atom is -0.485 e. The Morgan fingerprint density at radius 3 is 2.39 bits per heavy atom. The van der Waals surface area contributed by atoms with Crippen molar-refractivity contribution in [3.63, 3.8) is 0 Å². The van der Waals surface area contributed by atoms with E-state index in [1.807, 2.05) is 24.3 Å². The number of alkyl halides is 2. The molecule has 1 aromatic rings. The van der Waals surface area contributed by atoms with Gasteiger partial charge in [0, 0.05) is 5.56 Å². The molecule has 0 unspecified atom stereocenters. The highest BCUT2D eigenvalue weighted by molar-refractivity contribution is 6.31. The quantitative estimate of drug-likeness (QED) is 0.605. The van der Waals surface area contributed by atoms with E-state index in [0.29, 0.717) is 0 Å². The van der Waals surface area contributed by atoms with Crippen molar-refractivity contribution in [2.75, 3.05) is 0 Å². The first-order valence-electron chi connectivity index (χ1n) is 6.79. The Hall–Kier alpha value is -0.400. The molecule has 2 aliphatic rings. The number of rotatable bonds is 0. The molecule has 1 heterocycles. The number of para-hydroxylation sites is 1. The predicted molar refractivity (Wildman–Crippen MR) is 75.7 cm³/mol. The SMILES string of the molecule is Cl[C@H]1c2ccccc2OC2(CCCCCC2)[C@H]1Cl. The molecule has 0 saturated heterocycles. The van der Waals surface area contributed by atoms with Gasteiger partial charge in [-0.05, 0) is 31.7 Å². The van der Waals surface area contributed by atoms with Crippen molar-refractivity contribution in [2.45, 2.75) is 54.9 Å². The van der Waals surface area contributed by atoms with Crippen molar-refractivity contribution in [1.82, 2.24) is 0 Å². The third kappa shape index (κ3) is 2.02. The Balaban J connectivity index is 1.98. The fraction of sp³-hybridized carbons (Fsp3) is 0.600. The van der Waals surface area contributed by atoms with Crippen LogP contribution in [0.15, 0.2) is 24.3 Å². The highest BCUT2D eigenvalue weighted by Gasteiger charge is 2.48. The lowest BCUT2D eigenvalue weighted by molar-refractivity contribution is 0.0335. The third-order valence-electron chi connectivity index (χ3n) is 4.24. The summed E-state index contributed by atoms with van der Waals surface area (Å²) >= 11 is 13.2. The fourth-order valence-corrected chi connectivity index (χ4v) is 4.01. The molecule has 2 atom stereocenters. The summed E-state index contributed by atoms with van der Waals surface area (Å²) < 4.78 is 6.31. The standard InChI is InChI=1S/C15H18Cl2O/c16-13-11-7-3-4-8-12(11)18-15(14(13)17)9-5-1-2-6-10-15/h3-4,7-8,13-14H,1-2,5-6,9-10H2/t13-,14-/m0/s1. The maximum atomic E-state index is 6.65. The molecular formula is C15H18Cl2O. The van der Waals surface area contributed by atoms with E-state index >= 15 is 0 Å². The zero-order chi connectivity index (χ0) is 12.6. The zero-order valence-corrected chi connectivity index (χ0v) is 11.9. The second kappa shape index (κ2) is 4.94. The maximum absolute atomic E-state index is 6.65. The van der Waals surface area contributed by atoms with Crippen LogP contribution in [0.25, 0.3) is 0 Å². The Morgan fingerprint density at radius 2 is 1.67 bits per heavy atom. The Labute approximate surface area is 118 Å². The average molecular weight is 285 g/mol. The van der Waals surface area contributed by atoms with Crippen LogP contribution in [-0.2, 0) is 0 Å². The highest BCUT2D eigenvalue weighted by atomic mass is 35.5. The largest absolute Gasteiger partial charge is 0.485 e. The van der Waals surface area contributed by atoms with Crippen molar-refractivity contribution >= 4 is 23.2 Å². The Morgan fingerprint density at radius 1 is 1.00 bits per heavy atom. The molecule has 1 fully saturated rings. The molecular weight excluding hydrogens is 267 g/mol. The monoisotopic (exact) mass is 284 g/mol. The first-order valence-corrected chi connectivity index (χ1v) is 7.66. The summed E-state index contributed by atoms with van der Waals surface area (Å²) in [4.78, 5) is 0. The first-order chi connectivity index (χ1) is 8.73. The summed E-state index contributed by atoms with van der Waals surface area (Å²) in [5.41, 5.74) is 0.785. The lowest BCUT2D eigenvalue weighted by Gasteiger charge is -2.44. The van der Waals surface area contributed by atoms with Crippen molar-refractivity contribution in [3.8, 4) is 5.75 Å². The molecule has 98 valence electrons. The van der Waals surface area contributed by atoms with Crippen molar-refractivity contribution in [1.29, 1.82) is 0 Å². The molecule has 1 nitrogen and oxygen atoms in total. The first kappa shape index (κ1) is 12.6. The highest BCUT2D eigenvalue weighted by Crippen LogP contribution is 2.50. The van der Waals surface area contributed by atoms with E-state index in [1.54, 1.807) is 0 Å². The zero-order valence-electron chi connectivity index (χ0n) is 10.4. The lowest BCUT2D eigenvalue weighted by atomic mass is 9.84. The molecule has 0 amide bonds. The molecule has 3 rings (SSSR count). The second-order valence-corrected chi connectivity index (χ2v) is 6.36. The predicted octanol–water partition coefficient (Wildman–Crippen LogP) is 5.06. The molecule has 18 heavy (non-hydrogen) atoms. The molecule has 1 aromatic carbocycles. The minimum atomic E-state index is -0.251. The van der Waals surface area contributed by atoms with Crippen LogP contribution in [0.5, 0.6) is 5.75 Å². The summed E-state index contributed by atoms with van der Waals surface area (Å²) in [6, 6.07) is 8.03. The van der Waals surface area contributed by atoms with Crippen LogP contribution < -0.4 is 4.74 Å². The normalized spacial score (nSPS) is 30.3. The summed E-state index contributed by atoms with van der Waals surface area (Å²) in [5.74, 6) is 0.927. The van der Waals surface area contributed by atoms with Gasteiger partial charge in [0.2, 0.25) is 0 Å². The van der Waals surface area contributed by atoms with Crippen molar-refractivity contribution < 1.29 is 4.74 Å². The van der Waals surface area contributed by atoms with Crippen molar-refractivity contribution in [2.24, 2.45) is 0 Å². The number of halogens is 2. The average Bonchev–Trinajstić information content (AvgIpc) is 2.63. The van der Waals surface area contributed by atoms with Gasteiger partial charge in [-0.2, -0.15) is 0 Å². The van der Waals surface area contributed by atoms with Gasteiger partial charge in [-0.15, -0.1) is 23.2 Å². The van der Waals surface area contributed by atoms with Gasteiger partial charge in [0.05, 0.1) is 10.8 Å². The Kier molecular flexibility index (Phi) is 3.46. The van der Waals surface area contributed by atoms with Gasteiger partial charge in [-0.25, -0.2) is 0 Å². The molecule has 1 saturated carbocycles. The molecule has 3 heteroatoms. The van der Waals surface area contributed by atoms with Crippen LogP contribution >= 0.6 is 23.2 Å². The summed E-state index contributed by atoms with van der Waals surface area (Å²) in [5, 5.41) is -0.276. The van der Waals surface area contributed by atoms with E-state index in [2.05, 4.69) is 0 Å². The second-order valence-electron chi connectivity index (χ2n) is 5.42. The van der Waals surface area contributed by atoms with E-state index in [0.717, 1.165) is 24.2 Å². The summed E-state index contributed by atoms with van der Waals surface area (Å²) in [6.45, 7) is 0. The van der Waals surface area contributed by atoms with Gasteiger partial charge in [0.15, 0.2) is 0 Å². The molecule has 0 radical (unpaired) electrons. The minimum absolute atomic E-state index is 0.132. The van der Waals surface area contributed by atoms with Crippen molar-refractivity contribution in [3.05, 3.63) is 29.8 Å². The van der Waals surface area contributed by atoms with E-state index < -0.39 is 0 Å². The van der Waals surface area contributed by atoms with Gasteiger partial charge in [-0.1, -0.05) is 31.0 Å². The van der Waals surface area contributed by atoms with Gasteiger partial charge >= 0.3 is 0 Å². The Bertz CT molecular complexity index is 424. The smallest absolute Gasteiger partial charge is 0.127 e. The van der Waals surface area contributed by atoms with E-state index in [9.17, 15) is 0 Å². The third-order valence-corrected chi connectivity index (χ3v) is 5.50. The topological polar surface area (TPSA) is 9.23 Å². The van der Waals surface area contributed by atoms with Gasteiger partial charge < -0.3 is 4.74 Å². The number of benzene rings is 1. The van der Waals surface area contributed by atoms with Crippen LogP contribution in [0.4, 0.5) is 0 Å². The molecule has 0 N–H and O–H groups in total. The molecule has 1 aliphatic heterocycles. The summed E-state index contributed by atoms with van der Waals surface area (Å²) in [7, 11) is 0. The van der Waals surface area contributed by atoms with Crippen LogP contribution in [0.2, 0.25) is 0 Å². The number of ether oxygens (including phenoxy) is 1. The molecule has 0 bridgehead atoms. The number of fused-ring (bicyclic) bond motifs is 1. The number of hydrogen-bond donors (Lipinski definition) is 0. The summed E-state index contributed by atoms with van der Waals surface area (Å²) in [6.07, 6.45) is 6.99. The van der Waals surface area contributed by atoms with Gasteiger partial charge in [0.1, 0.15) is 11.4 Å². The van der Waals surface area contributed by atoms with Crippen LogP contribution in [-0.4, -0.2) is 11.0 Å². The molecule has 0 aromatic heterocycles. The van der Waals surface area contributed by atoms with E-state index in [1.165, 1.54) is 25.7 Å². The van der Waals surface area contributed by atoms with Gasteiger partial charge in [-0.3, -0.25) is 0 Å². The lowest BCUT2D eigenvalue weighted by Crippen LogP contribution is -2.49. The van der Waals surface area contributed by atoms with E-state index in [4.69, 9.17) is 27.9 Å². The maximum Gasteiger partial charge on any atom is 0.127 e. The van der Waals surface area contributed by atoms with E-state index in [-0.39, 0.29) is 16.4 Å². The van der Waals surface area contributed by atoms with Crippen LogP contribution in [0.1, 0.15) is 49.5 Å².